The number of carbonyl (C=O) groups excluding carboxylic acids is 3. The maximum absolute atomic E-state index is 12.6. The molecule has 0 spiro atoms. The number of anilines is 1. The number of esters is 1. The fourth-order valence-corrected chi connectivity index (χ4v) is 3.31. The van der Waals surface area contributed by atoms with Gasteiger partial charge in [0.2, 0.25) is 5.91 Å². The Bertz CT molecular complexity index is 992. The zero-order valence-corrected chi connectivity index (χ0v) is 17.3. The topological polar surface area (TPSA) is 97.4 Å². The second-order valence-electron chi connectivity index (χ2n) is 8.07. The van der Waals surface area contributed by atoms with Crippen LogP contribution in [0.5, 0.6) is 0 Å². The Morgan fingerprint density at radius 3 is 2.62 bits per heavy atom. The Balaban J connectivity index is 2.06. The van der Waals surface area contributed by atoms with Gasteiger partial charge in [-0.2, -0.15) is 0 Å². The highest BCUT2D eigenvalue weighted by atomic mass is 16.6. The SMILES string of the molecule is CNC(=O)c1cc(C(=O)OC(C)(C)C)cc(C(C)c2cccc3c2CC(=O)N3)n1. The maximum Gasteiger partial charge on any atom is 0.338 e. The van der Waals surface area contributed by atoms with E-state index in [4.69, 9.17) is 4.74 Å². The van der Waals surface area contributed by atoms with Crippen molar-refractivity contribution in [2.75, 3.05) is 12.4 Å². The molecule has 2 amide bonds. The summed E-state index contributed by atoms with van der Waals surface area (Å²) in [7, 11) is 1.51. The number of amides is 2. The van der Waals surface area contributed by atoms with Gasteiger partial charge in [0.25, 0.3) is 5.91 Å². The number of pyridine rings is 1. The van der Waals surface area contributed by atoms with Crippen LogP contribution in [0.2, 0.25) is 0 Å². The molecule has 1 aliphatic rings. The summed E-state index contributed by atoms with van der Waals surface area (Å²) in [6.07, 6.45) is 0.296. The standard InChI is InChI=1S/C22H25N3O4/c1-12(14-7-6-8-16-15(14)11-19(26)25-16)17-9-13(21(28)29-22(2,3)4)10-18(24-17)20(27)23-5/h6-10,12H,11H2,1-5H3,(H,23,27)(H,25,26). The molecule has 0 saturated heterocycles. The molecule has 1 atom stereocenters. The molecule has 29 heavy (non-hydrogen) atoms. The van der Waals surface area contributed by atoms with Gasteiger partial charge >= 0.3 is 5.97 Å². The van der Waals surface area contributed by atoms with E-state index in [0.29, 0.717) is 12.1 Å². The molecular weight excluding hydrogens is 370 g/mol. The first kappa shape index (κ1) is 20.5. The van der Waals surface area contributed by atoms with E-state index in [1.807, 2.05) is 25.1 Å². The molecule has 0 bridgehead atoms. The van der Waals surface area contributed by atoms with Crippen LogP contribution in [0.1, 0.15) is 71.3 Å². The number of carbonyl (C=O) groups is 3. The molecular formula is C22H25N3O4. The Hall–Kier alpha value is -3.22. The van der Waals surface area contributed by atoms with E-state index in [-0.39, 0.29) is 29.0 Å². The lowest BCUT2D eigenvalue weighted by Crippen LogP contribution is -2.25. The molecule has 3 rings (SSSR count). The molecule has 1 aliphatic heterocycles. The smallest absolute Gasteiger partial charge is 0.338 e. The minimum absolute atomic E-state index is 0.0545. The Labute approximate surface area is 169 Å². The zero-order chi connectivity index (χ0) is 21.3. The Morgan fingerprint density at radius 2 is 1.97 bits per heavy atom. The second-order valence-corrected chi connectivity index (χ2v) is 8.07. The first-order valence-corrected chi connectivity index (χ1v) is 9.48. The third-order valence-electron chi connectivity index (χ3n) is 4.67. The van der Waals surface area contributed by atoms with Crippen molar-refractivity contribution in [1.29, 1.82) is 0 Å². The number of fused-ring (bicyclic) bond motifs is 1. The maximum atomic E-state index is 12.6. The summed E-state index contributed by atoms with van der Waals surface area (Å²) >= 11 is 0. The van der Waals surface area contributed by atoms with Crippen LogP contribution in [-0.2, 0) is 16.0 Å². The number of benzene rings is 1. The summed E-state index contributed by atoms with van der Waals surface area (Å²) in [6, 6.07) is 8.74. The number of rotatable bonds is 4. The molecule has 152 valence electrons. The molecule has 7 nitrogen and oxygen atoms in total. The van der Waals surface area contributed by atoms with Crippen molar-refractivity contribution in [3.8, 4) is 0 Å². The van der Waals surface area contributed by atoms with Crippen LogP contribution in [0.15, 0.2) is 30.3 Å². The van der Waals surface area contributed by atoms with Gasteiger partial charge in [-0.05, 0) is 50.1 Å². The van der Waals surface area contributed by atoms with Crippen LogP contribution in [0.25, 0.3) is 0 Å². The van der Waals surface area contributed by atoms with Crippen LogP contribution < -0.4 is 10.6 Å². The van der Waals surface area contributed by atoms with Crippen molar-refractivity contribution < 1.29 is 19.1 Å². The predicted molar refractivity (Wildman–Crippen MR) is 109 cm³/mol. The summed E-state index contributed by atoms with van der Waals surface area (Å²) < 4.78 is 5.47. The lowest BCUT2D eigenvalue weighted by atomic mass is 9.90. The number of aromatic nitrogens is 1. The number of ether oxygens (including phenoxy) is 1. The molecule has 1 unspecified atom stereocenters. The van der Waals surface area contributed by atoms with Crippen LogP contribution in [0.3, 0.4) is 0 Å². The molecule has 2 heterocycles. The quantitative estimate of drug-likeness (QED) is 0.776. The van der Waals surface area contributed by atoms with E-state index in [9.17, 15) is 14.4 Å². The highest BCUT2D eigenvalue weighted by molar-refractivity contribution is 6.00. The number of hydrogen-bond donors (Lipinski definition) is 2. The van der Waals surface area contributed by atoms with E-state index in [0.717, 1.165) is 16.8 Å². The van der Waals surface area contributed by atoms with Crippen molar-refractivity contribution in [3.05, 3.63) is 58.4 Å². The first-order chi connectivity index (χ1) is 13.6. The van der Waals surface area contributed by atoms with Crippen molar-refractivity contribution in [2.24, 2.45) is 0 Å². The van der Waals surface area contributed by atoms with Gasteiger partial charge in [-0.3, -0.25) is 9.59 Å². The minimum atomic E-state index is -0.661. The van der Waals surface area contributed by atoms with Gasteiger partial charge in [-0.1, -0.05) is 19.1 Å². The van der Waals surface area contributed by atoms with E-state index in [1.165, 1.54) is 13.1 Å². The number of nitrogens with one attached hydrogen (secondary N) is 2. The van der Waals surface area contributed by atoms with E-state index < -0.39 is 11.6 Å². The highest BCUT2D eigenvalue weighted by Gasteiger charge is 2.26. The van der Waals surface area contributed by atoms with Gasteiger partial charge in [0.05, 0.1) is 12.0 Å². The average Bonchev–Trinajstić information content (AvgIpc) is 3.05. The molecule has 0 fully saturated rings. The summed E-state index contributed by atoms with van der Waals surface area (Å²) in [5.74, 6) is -1.20. The monoisotopic (exact) mass is 395 g/mol. The molecule has 0 radical (unpaired) electrons. The van der Waals surface area contributed by atoms with Crippen LogP contribution >= 0.6 is 0 Å². The summed E-state index contributed by atoms with van der Waals surface area (Å²) in [6.45, 7) is 7.29. The predicted octanol–water partition coefficient (Wildman–Crippen LogP) is 3.04. The average molecular weight is 395 g/mol. The lowest BCUT2D eigenvalue weighted by Gasteiger charge is -2.21. The fraction of sp³-hybridized carbons (Fsp3) is 0.364. The van der Waals surface area contributed by atoms with Gasteiger partial charge in [0.15, 0.2) is 0 Å². The number of nitrogens with zero attached hydrogens (tertiary/aromatic N) is 1. The Kier molecular flexibility index (Phi) is 5.42. The highest BCUT2D eigenvalue weighted by Crippen LogP contribution is 2.34. The van der Waals surface area contributed by atoms with Gasteiger partial charge in [-0.25, -0.2) is 9.78 Å². The zero-order valence-electron chi connectivity index (χ0n) is 17.3. The van der Waals surface area contributed by atoms with Crippen molar-refractivity contribution >= 4 is 23.5 Å². The lowest BCUT2D eigenvalue weighted by molar-refractivity contribution is -0.115. The molecule has 1 aromatic carbocycles. The fourth-order valence-electron chi connectivity index (χ4n) is 3.31. The molecule has 2 aromatic rings. The largest absolute Gasteiger partial charge is 0.456 e. The van der Waals surface area contributed by atoms with Crippen LogP contribution in [0, 0.1) is 0 Å². The molecule has 0 saturated carbocycles. The van der Waals surface area contributed by atoms with Gasteiger partial charge in [0.1, 0.15) is 11.3 Å². The van der Waals surface area contributed by atoms with Crippen molar-refractivity contribution in [1.82, 2.24) is 10.3 Å². The normalized spacial score (nSPS) is 14.0. The van der Waals surface area contributed by atoms with Gasteiger partial charge in [0, 0.05) is 24.3 Å². The summed E-state index contributed by atoms with van der Waals surface area (Å²) in [5, 5.41) is 5.38. The summed E-state index contributed by atoms with van der Waals surface area (Å²) in [4.78, 5) is 41.2. The molecule has 0 aliphatic carbocycles. The van der Waals surface area contributed by atoms with Crippen molar-refractivity contribution in [2.45, 2.75) is 45.6 Å². The van der Waals surface area contributed by atoms with Crippen LogP contribution in [0.4, 0.5) is 5.69 Å². The Morgan fingerprint density at radius 1 is 1.24 bits per heavy atom. The third-order valence-corrected chi connectivity index (χ3v) is 4.67. The van der Waals surface area contributed by atoms with Crippen LogP contribution in [-0.4, -0.2) is 35.4 Å². The van der Waals surface area contributed by atoms with Gasteiger partial charge < -0.3 is 15.4 Å². The third kappa shape index (κ3) is 4.45. The summed E-state index contributed by atoms with van der Waals surface area (Å²) in [5.41, 5.74) is 2.92. The van der Waals surface area contributed by atoms with Crippen molar-refractivity contribution in [3.63, 3.8) is 0 Å². The first-order valence-electron chi connectivity index (χ1n) is 9.48. The molecule has 1 aromatic heterocycles. The van der Waals surface area contributed by atoms with E-state index in [2.05, 4.69) is 15.6 Å². The molecule has 2 N–H and O–H groups in total. The second kappa shape index (κ2) is 7.66. The minimum Gasteiger partial charge on any atom is -0.456 e. The number of hydrogen-bond acceptors (Lipinski definition) is 5. The van der Waals surface area contributed by atoms with Gasteiger partial charge in [-0.15, -0.1) is 0 Å². The molecule has 7 heteroatoms. The van der Waals surface area contributed by atoms with E-state index in [1.54, 1.807) is 26.8 Å². The van der Waals surface area contributed by atoms with E-state index >= 15 is 0 Å².